The van der Waals surface area contributed by atoms with E-state index < -0.39 is 0 Å². The molecule has 3 aromatic heterocycles. The molecule has 0 spiro atoms. The summed E-state index contributed by atoms with van der Waals surface area (Å²) in [6.07, 6.45) is 13.5. The lowest BCUT2D eigenvalue weighted by Gasteiger charge is -2.19. The predicted molar refractivity (Wildman–Crippen MR) is 152 cm³/mol. The summed E-state index contributed by atoms with van der Waals surface area (Å²) in [5.74, 6) is 0.225. The minimum absolute atomic E-state index is 0.00891. The number of benzene rings is 1. The topological polar surface area (TPSA) is 50.0 Å². The van der Waals surface area contributed by atoms with Crippen LogP contribution in [0.1, 0.15) is 47.8 Å². The number of pyridine rings is 2. The van der Waals surface area contributed by atoms with E-state index >= 15 is 0 Å². The smallest absolute Gasteiger partial charge is 0.270 e. The molecule has 1 unspecified atom stereocenters. The first-order chi connectivity index (χ1) is 18.5. The van der Waals surface area contributed by atoms with E-state index in [0.29, 0.717) is 23.7 Å². The molecule has 1 aliphatic heterocycles. The lowest BCUT2D eigenvalue weighted by molar-refractivity contribution is 0.0785. The molecule has 0 saturated heterocycles. The van der Waals surface area contributed by atoms with E-state index in [2.05, 4.69) is 35.1 Å². The number of carbonyl (C=O) groups excluding carboxylic acids is 1. The molecule has 0 saturated carbocycles. The monoisotopic (exact) mass is 508 g/mol. The standard InChI is InChI=1S/C32H33FN4O/c1-4-24-19-30(32(38)36(3)17-7-9-23-8-5-15-34-20-23)37-21-26(12-14-29(24)37)27-10-6-16-35-31(27)25-11-13-28(33)22(2)18-25/h5-6,10-16,18-21,23H,4,7-9,17H2,1-3H3. The minimum Gasteiger partial charge on any atom is -0.340 e. The number of rotatable bonds is 8. The molecule has 4 heterocycles. The highest BCUT2D eigenvalue weighted by molar-refractivity contribution is 5.95. The van der Waals surface area contributed by atoms with E-state index in [1.807, 2.05) is 59.2 Å². The van der Waals surface area contributed by atoms with Gasteiger partial charge >= 0.3 is 0 Å². The summed E-state index contributed by atoms with van der Waals surface area (Å²) in [6, 6.07) is 15.2. The molecule has 1 aromatic carbocycles. The molecule has 0 aliphatic carbocycles. The van der Waals surface area contributed by atoms with Crippen LogP contribution in [0.3, 0.4) is 0 Å². The van der Waals surface area contributed by atoms with Crippen molar-refractivity contribution in [1.29, 1.82) is 0 Å². The molecular formula is C32H33FN4O. The number of carbonyl (C=O) groups is 1. The van der Waals surface area contributed by atoms with Crippen molar-refractivity contribution in [1.82, 2.24) is 14.3 Å². The van der Waals surface area contributed by atoms with E-state index in [4.69, 9.17) is 0 Å². The van der Waals surface area contributed by atoms with Crippen molar-refractivity contribution in [2.45, 2.75) is 39.5 Å². The predicted octanol–water partition coefficient (Wildman–Crippen LogP) is 7.13. The Morgan fingerprint density at radius 3 is 2.76 bits per heavy atom. The fraction of sp³-hybridized carbons (Fsp3) is 0.281. The van der Waals surface area contributed by atoms with Gasteiger partial charge in [0.1, 0.15) is 11.5 Å². The highest BCUT2D eigenvalue weighted by Crippen LogP contribution is 2.32. The van der Waals surface area contributed by atoms with Gasteiger partial charge in [-0.15, -0.1) is 0 Å². The van der Waals surface area contributed by atoms with Crippen LogP contribution in [0.2, 0.25) is 0 Å². The van der Waals surface area contributed by atoms with E-state index in [9.17, 15) is 9.18 Å². The Morgan fingerprint density at radius 1 is 1.16 bits per heavy atom. The summed E-state index contributed by atoms with van der Waals surface area (Å²) < 4.78 is 16.0. The lowest BCUT2D eigenvalue weighted by Crippen LogP contribution is -2.29. The van der Waals surface area contributed by atoms with Crippen molar-refractivity contribution in [3.8, 4) is 22.4 Å². The highest BCUT2D eigenvalue weighted by Gasteiger charge is 2.20. The quantitative estimate of drug-likeness (QED) is 0.254. The number of aliphatic imine (C=N–C) groups is 1. The largest absolute Gasteiger partial charge is 0.340 e. The fourth-order valence-corrected chi connectivity index (χ4v) is 5.15. The number of hydrogen-bond acceptors (Lipinski definition) is 3. The second-order valence-corrected chi connectivity index (χ2v) is 9.99. The molecule has 1 amide bonds. The van der Waals surface area contributed by atoms with Crippen LogP contribution in [0.4, 0.5) is 4.39 Å². The van der Waals surface area contributed by atoms with Gasteiger partial charge < -0.3 is 9.30 Å². The number of fused-ring (bicyclic) bond motifs is 1. The molecule has 1 atom stereocenters. The van der Waals surface area contributed by atoms with E-state index in [-0.39, 0.29) is 11.7 Å². The van der Waals surface area contributed by atoms with Crippen molar-refractivity contribution < 1.29 is 9.18 Å². The van der Waals surface area contributed by atoms with Crippen LogP contribution < -0.4 is 0 Å². The van der Waals surface area contributed by atoms with Gasteiger partial charge in [-0.05, 0) is 86.1 Å². The summed E-state index contributed by atoms with van der Waals surface area (Å²) in [5, 5.41) is 0. The summed E-state index contributed by atoms with van der Waals surface area (Å²) in [5.41, 5.74) is 6.92. The normalized spacial score (nSPS) is 14.8. The second-order valence-electron chi connectivity index (χ2n) is 9.99. The van der Waals surface area contributed by atoms with Gasteiger partial charge in [-0.25, -0.2) is 4.39 Å². The van der Waals surface area contributed by atoms with Gasteiger partial charge in [-0.2, -0.15) is 0 Å². The molecule has 0 bridgehead atoms. The Bertz CT molecular complexity index is 1530. The van der Waals surface area contributed by atoms with E-state index in [1.54, 1.807) is 19.2 Å². The fourth-order valence-electron chi connectivity index (χ4n) is 5.15. The zero-order chi connectivity index (χ0) is 26.6. The molecule has 1 aliphatic rings. The molecule has 194 valence electrons. The third-order valence-electron chi connectivity index (χ3n) is 7.34. The zero-order valence-electron chi connectivity index (χ0n) is 22.2. The number of amides is 1. The summed E-state index contributed by atoms with van der Waals surface area (Å²) in [4.78, 5) is 24.3. The van der Waals surface area contributed by atoms with Crippen molar-refractivity contribution in [3.05, 3.63) is 95.8 Å². The Labute approximate surface area is 223 Å². The van der Waals surface area contributed by atoms with Gasteiger partial charge in [-0.3, -0.25) is 14.8 Å². The summed E-state index contributed by atoms with van der Waals surface area (Å²) >= 11 is 0. The van der Waals surface area contributed by atoms with E-state index in [0.717, 1.165) is 59.1 Å². The first-order valence-corrected chi connectivity index (χ1v) is 13.3. The molecular weight excluding hydrogens is 475 g/mol. The highest BCUT2D eigenvalue weighted by atomic mass is 19.1. The van der Waals surface area contributed by atoms with Crippen molar-refractivity contribution >= 4 is 17.6 Å². The molecule has 38 heavy (non-hydrogen) atoms. The van der Waals surface area contributed by atoms with Crippen molar-refractivity contribution in [3.63, 3.8) is 0 Å². The van der Waals surface area contributed by atoms with Gasteiger partial charge in [-0.1, -0.05) is 25.1 Å². The molecule has 0 fully saturated rings. The van der Waals surface area contributed by atoms with Gasteiger partial charge in [0.05, 0.1) is 5.69 Å². The van der Waals surface area contributed by atoms with Crippen LogP contribution in [0, 0.1) is 18.7 Å². The van der Waals surface area contributed by atoms with Crippen molar-refractivity contribution in [2.75, 3.05) is 13.6 Å². The first kappa shape index (κ1) is 25.6. The molecule has 0 N–H and O–H groups in total. The molecule has 0 radical (unpaired) electrons. The number of nitrogens with zero attached hydrogens (tertiary/aromatic N) is 4. The number of aryl methyl sites for hydroxylation is 2. The molecule has 5 rings (SSSR count). The van der Waals surface area contributed by atoms with Gasteiger partial charge in [0.25, 0.3) is 5.91 Å². The minimum atomic E-state index is -0.233. The number of aromatic nitrogens is 2. The molecule has 4 aromatic rings. The first-order valence-electron chi connectivity index (χ1n) is 13.3. The van der Waals surface area contributed by atoms with Crippen LogP contribution in [-0.4, -0.2) is 40.0 Å². The Kier molecular flexibility index (Phi) is 7.50. The van der Waals surface area contributed by atoms with Gasteiger partial charge in [0.2, 0.25) is 0 Å². The summed E-state index contributed by atoms with van der Waals surface area (Å²) in [6.45, 7) is 4.56. The Balaban J connectivity index is 1.46. The number of halogens is 1. The summed E-state index contributed by atoms with van der Waals surface area (Å²) in [7, 11) is 1.88. The average molecular weight is 509 g/mol. The van der Waals surface area contributed by atoms with Crippen LogP contribution in [0.25, 0.3) is 27.9 Å². The van der Waals surface area contributed by atoms with Crippen LogP contribution in [0.5, 0.6) is 0 Å². The number of hydrogen-bond donors (Lipinski definition) is 0. The third-order valence-corrected chi connectivity index (χ3v) is 7.34. The van der Waals surface area contributed by atoms with Gasteiger partial charge in [0, 0.05) is 60.6 Å². The van der Waals surface area contributed by atoms with Crippen LogP contribution in [0.15, 0.2) is 78.2 Å². The average Bonchev–Trinajstić information content (AvgIpc) is 3.32. The SMILES string of the molecule is CCc1cc(C(=O)N(C)CCCC2C=NC=CC2)n2cc(-c3cccnc3-c3ccc(F)c(C)c3)ccc12. The van der Waals surface area contributed by atoms with Gasteiger partial charge in [0.15, 0.2) is 0 Å². The van der Waals surface area contributed by atoms with Crippen LogP contribution in [-0.2, 0) is 6.42 Å². The maximum atomic E-state index is 13.9. The number of allylic oxidation sites excluding steroid dienone is 1. The molecule has 5 nitrogen and oxygen atoms in total. The zero-order valence-corrected chi connectivity index (χ0v) is 22.2. The van der Waals surface area contributed by atoms with Crippen molar-refractivity contribution in [2.24, 2.45) is 10.9 Å². The molecule has 6 heteroatoms. The maximum absolute atomic E-state index is 13.9. The Hall–Kier alpha value is -4.06. The van der Waals surface area contributed by atoms with E-state index in [1.165, 1.54) is 6.07 Å². The Morgan fingerprint density at radius 2 is 2.00 bits per heavy atom. The maximum Gasteiger partial charge on any atom is 0.270 e. The second kappa shape index (κ2) is 11.1. The van der Waals surface area contributed by atoms with Crippen LogP contribution >= 0.6 is 0 Å². The lowest BCUT2D eigenvalue weighted by atomic mass is 9.99. The third kappa shape index (κ3) is 5.17.